The Morgan fingerprint density at radius 3 is 2.27 bits per heavy atom. The molecule has 0 saturated carbocycles. The summed E-state index contributed by atoms with van der Waals surface area (Å²) in [7, 11) is 2.60. The van der Waals surface area contributed by atoms with Gasteiger partial charge in [-0.25, -0.2) is 0 Å². The first-order valence-electron chi connectivity index (χ1n) is 3.89. The van der Waals surface area contributed by atoms with Crippen molar-refractivity contribution in [1.29, 1.82) is 0 Å². The summed E-state index contributed by atoms with van der Waals surface area (Å²) >= 11 is 0. The number of rotatable bonds is 0. The Bertz CT molecular complexity index is 185. The standard InChI is InChI=1S/C8H16NOP/c1-8(2,3)9(10)6-4-5-7(9)11/h4-5,7H,6,11H2,1-3H3. The molecule has 11 heavy (non-hydrogen) atoms. The molecular formula is C8H16NOP. The van der Waals surface area contributed by atoms with Crippen molar-refractivity contribution in [3.05, 3.63) is 17.4 Å². The lowest BCUT2D eigenvalue weighted by molar-refractivity contribution is -0.920. The molecule has 3 unspecified atom stereocenters. The summed E-state index contributed by atoms with van der Waals surface area (Å²) in [5.74, 6) is 0.0370. The van der Waals surface area contributed by atoms with Gasteiger partial charge in [0.05, 0.1) is 12.1 Å². The van der Waals surface area contributed by atoms with Crippen LogP contribution in [0.5, 0.6) is 0 Å². The molecule has 0 amide bonds. The van der Waals surface area contributed by atoms with Gasteiger partial charge in [-0.1, -0.05) is 9.24 Å². The molecule has 1 heterocycles. The first-order valence-corrected chi connectivity index (χ1v) is 4.56. The summed E-state index contributed by atoms with van der Waals surface area (Å²) in [6.45, 7) is 6.58. The van der Waals surface area contributed by atoms with Crippen molar-refractivity contribution in [3.63, 3.8) is 0 Å². The molecule has 1 aliphatic rings. The van der Waals surface area contributed by atoms with Gasteiger partial charge in [0.25, 0.3) is 0 Å². The van der Waals surface area contributed by atoms with Crippen molar-refractivity contribution in [2.75, 3.05) is 6.54 Å². The van der Waals surface area contributed by atoms with Gasteiger partial charge in [0.2, 0.25) is 0 Å². The largest absolute Gasteiger partial charge is 0.632 e. The van der Waals surface area contributed by atoms with E-state index in [1.54, 1.807) is 0 Å². The van der Waals surface area contributed by atoms with Crippen LogP contribution in [0.4, 0.5) is 0 Å². The van der Waals surface area contributed by atoms with Gasteiger partial charge in [0.1, 0.15) is 5.78 Å². The molecule has 0 aromatic carbocycles. The molecule has 3 atom stereocenters. The predicted octanol–water partition coefficient (Wildman–Crippen LogP) is 1.87. The van der Waals surface area contributed by atoms with Crippen molar-refractivity contribution in [2.24, 2.45) is 0 Å². The minimum absolute atomic E-state index is 0.0370. The van der Waals surface area contributed by atoms with E-state index in [0.29, 0.717) is 6.54 Å². The van der Waals surface area contributed by atoms with Gasteiger partial charge in [-0.15, -0.1) is 0 Å². The fourth-order valence-electron chi connectivity index (χ4n) is 1.34. The molecule has 3 heteroatoms. The van der Waals surface area contributed by atoms with E-state index in [2.05, 4.69) is 9.24 Å². The van der Waals surface area contributed by atoms with Crippen LogP contribution in [0.15, 0.2) is 12.2 Å². The second-order valence-electron chi connectivity index (χ2n) is 4.07. The lowest BCUT2D eigenvalue weighted by atomic mass is 10.1. The molecule has 0 N–H and O–H groups in total. The fourth-order valence-corrected chi connectivity index (χ4v) is 2.06. The second-order valence-corrected chi connectivity index (χ2v) is 4.75. The van der Waals surface area contributed by atoms with Crippen LogP contribution in [-0.2, 0) is 0 Å². The highest BCUT2D eigenvalue weighted by Gasteiger charge is 2.37. The zero-order valence-electron chi connectivity index (χ0n) is 7.37. The number of hydrogen-bond acceptors (Lipinski definition) is 1. The summed E-state index contributed by atoms with van der Waals surface area (Å²) < 4.78 is -0.141. The van der Waals surface area contributed by atoms with E-state index >= 15 is 0 Å². The highest BCUT2D eigenvalue weighted by molar-refractivity contribution is 7.17. The van der Waals surface area contributed by atoms with E-state index in [0.717, 1.165) is 0 Å². The highest BCUT2D eigenvalue weighted by Crippen LogP contribution is 2.34. The van der Waals surface area contributed by atoms with Gasteiger partial charge in [-0.2, -0.15) is 0 Å². The van der Waals surface area contributed by atoms with E-state index in [-0.39, 0.29) is 16.0 Å². The maximum atomic E-state index is 12.1. The van der Waals surface area contributed by atoms with E-state index in [1.165, 1.54) is 0 Å². The SMILES string of the molecule is CC(C)(C)[N+]1([O-])CC=CC1P. The van der Waals surface area contributed by atoms with Crippen molar-refractivity contribution in [2.45, 2.75) is 32.1 Å². The van der Waals surface area contributed by atoms with Gasteiger partial charge < -0.3 is 9.85 Å². The summed E-state index contributed by atoms with van der Waals surface area (Å²) in [6, 6.07) is 0. The van der Waals surface area contributed by atoms with E-state index in [9.17, 15) is 5.21 Å². The van der Waals surface area contributed by atoms with Crippen LogP contribution < -0.4 is 0 Å². The molecule has 0 aromatic rings. The zero-order chi connectivity index (χ0) is 8.70. The van der Waals surface area contributed by atoms with Gasteiger partial charge >= 0.3 is 0 Å². The van der Waals surface area contributed by atoms with Crippen LogP contribution in [0.25, 0.3) is 0 Å². The number of nitrogens with zero attached hydrogens (tertiary/aromatic N) is 1. The highest BCUT2D eigenvalue weighted by atomic mass is 31.0. The van der Waals surface area contributed by atoms with E-state index < -0.39 is 0 Å². The van der Waals surface area contributed by atoms with Gasteiger partial charge in [-0.05, 0) is 32.9 Å². The Balaban J connectivity index is 2.85. The molecule has 2 nitrogen and oxygen atoms in total. The summed E-state index contributed by atoms with van der Waals surface area (Å²) in [5, 5.41) is 12.1. The number of hydroxylamine groups is 3. The van der Waals surface area contributed by atoms with Crippen LogP contribution in [0.2, 0.25) is 0 Å². The van der Waals surface area contributed by atoms with Crippen molar-refractivity contribution in [1.82, 2.24) is 0 Å². The normalized spacial score (nSPS) is 38.1. The van der Waals surface area contributed by atoms with E-state index in [1.807, 2.05) is 32.9 Å². The Labute approximate surface area is 70.6 Å². The smallest absolute Gasteiger partial charge is 0.120 e. The maximum Gasteiger partial charge on any atom is 0.120 e. The average Bonchev–Trinajstić information content (AvgIpc) is 2.12. The molecule has 0 spiro atoms. The third-order valence-electron chi connectivity index (χ3n) is 2.33. The second kappa shape index (κ2) is 2.55. The number of quaternary nitrogens is 1. The molecule has 0 saturated heterocycles. The topological polar surface area (TPSA) is 23.1 Å². The molecule has 0 aliphatic carbocycles. The number of hydrogen-bond donors (Lipinski definition) is 0. The summed E-state index contributed by atoms with van der Waals surface area (Å²) in [6.07, 6.45) is 3.94. The Morgan fingerprint density at radius 1 is 1.55 bits per heavy atom. The first kappa shape index (κ1) is 9.18. The third kappa shape index (κ3) is 1.35. The lowest BCUT2D eigenvalue weighted by Crippen LogP contribution is -2.57. The minimum Gasteiger partial charge on any atom is -0.632 e. The maximum absolute atomic E-state index is 12.1. The Morgan fingerprint density at radius 2 is 2.09 bits per heavy atom. The molecule has 1 aliphatic heterocycles. The van der Waals surface area contributed by atoms with Crippen LogP contribution in [0.1, 0.15) is 20.8 Å². The molecule has 0 radical (unpaired) electrons. The molecule has 0 aromatic heterocycles. The zero-order valence-corrected chi connectivity index (χ0v) is 8.53. The molecule has 1 rings (SSSR count). The van der Waals surface area contributed by atoms with Crippen LogP contribution >= 0.6 is 9.24 Å². The molecule has 0 fully saturated rings. The third-order valence-corrected chi connectivity index (χ3v) is 3.03. The molecular weight excluding hydrogens is 157 g/mol. The van der Waals surface area contributed by atoms with Crippen molar-refractivity contribution < 1.29 is 4.65 Å². The van der Waals surface area contributed by atoms with Crippen molar-refractivity contribution in [3.8, 4) is 0 Å². The average molecular weight is 173 g/mol. The Hall–Kier alpha value is 0.0900. The molecule has 64 valence electrons. The van der Waals surface area contributed by atoms with Gasteiger partial charge in [0.15, 0.2) is 0 Å². The van der Waals surface area contributed by atoms with Gasteiger partial charge in [-0.3, -0.25) is 0 Å². The quantitative estimate of drug-likeness (QED) is 0.237. The van der Waals surface area contributed by atoms with Crippen molar-refractivity contribution >= 4 is 9.24 Å². The summed E-state index contributed by atoms with van der Waals surface area (Å²) in [5.41, 5.74) is -0.212. The lowest BCUT2D eigenvalue weighted by Gasteiger charge is -2.53. The van der Waals surface area contributed by atoms with Crippen LogP contribution in [-0.4, -0.2) is 22.5 Å². The van der Waals surface area contributed by atoms with Crippen LogP contribution in [0, 0.1) is 5.21 Å². The minimum atomic E-state index is -0.212. The van der Waals surface area contributed by atoms with E-state index in [4.69, 9.17) is 0 Å². The molecule has 0 bridgehead atoms. The monoisotopic (exact) mass is 173 g/mol. The first-order chi connectivity index (χ1) is 4.88. The fraction of sp³-hybridized carbons (Fsp3) is 0.750. The summed E-state index contributed by atoms with van der Waals surface area (Å²) in [4.78, 5) is 0. The predicted molar refractivity (Wildman–Crippen MR) is 50.9 cm³/mol. The van der Waals surface area contributed by atoms with Gasteiger partial charge in [0, 0.05) is 0 Å². The van der Waals surface area contributed by atoms with Crippen LogP contribution in [0.3, 0.4) is 0 Å². The Kier molecular flexibility index (Phi) is 2.13.